The molecular weight excluding hydrogens is 572 g/mol. The molecule has 250 valence electrons. The third-order valence-electron chi connectivity index (χ3n) is 8.84. The summed E-state index contributed by atoms with van der Waals surface area (Å²) in [5, 5.41) is 24.0. The molecule has 2 fully saturated rings. The van der Waals surface area contributed by atoms with E-state index >= 15 is 0 Å². The number of nitrogens with zero attached hydrogens (tertiary/aromatic N) is 4. The Labute approximate surface area is 269 Å². The number of carbonyl (C=O) groups is 4. The molecule has 1 aromatic rings. The van der Waals surface area contributed by atoms with E-state index in [1.807, 2.05) is 0 Å². The number of amides is 2. The van der Waals surface area contributed by atoms with Gasteiger partial charge in [0.15, 0.2) is 0 Å². The van der Waals surface area contributed by atoms with E-state index in [1.165, 1.54) is 64.2 Å². The maximum Gasteiger partial charge on any atom is 0.414 e. The van der Waals surface area contributed by atoms with Crippen LogP contribution < -0.4 is 0 Å². The van der Waals surface area contributed by atoms with Crippen molar-refractivity contribution in [2.45, 2.75) is 122 Å². The molecule has 1 aromatic carbocycles. The van der Waals surface area contributed by atoms with Crippen LogP contribution in [0.3, 0.4) is 0 Å². The molecule has 2 N–H and O–H groups in total. The molecule has 0 spiro atoms. The van der Waals surface area contributed by atoms with Crippen molar-refractivity contribution < 1.29 is 29.4 Å². The van der Waals surface area contributed by atoms with Crippen LogP contribution in [0.15, 0.2) is 24.3 Å². The van der Waals surface area contributed by atoms with E-state index in [4.69, 9.17) is 19.8 Å². The van der Waals surface area contributed by atoms with Crippen molar-refractivity contribution in [2.75, 3.05) is 32.7 Å². The molecule has 3 rings (SSSR count). The summed E-state index contributed by atoms with van der Waals surface area (Å²) in [6, 6.07) is 9.62. The zero-order chi connectivity index (χ0) is 33.0. The molecule has 0 radical (unpaired) electrons. The van der Waals surface area contributed by atoms with Crippen LogP contribution in [0, 0.1) is 11.3 Å². The Hall–Kier alpha value is -3.45. The Morgan fingerprint density at radius 2 is 1.20 bits per heavy atom. The zero-order valence-electron chi connectivity index (χ0n) is 27.4. The van der Waals surface area contributed by atoms with Crippen molar-refractivity contribution in [3.63, 3.8) is 0 Å². The lowest BCUT2D eigenvalue weighted by molar-refractivity contribution is -0.159. The number of rotatable bonds is 15. The van der Waals surface area contributed by atoms with Gasteiger partial charge in [0.25, 0.3) is 5.91 Å². The molecule has 10 heteroatoms. The van der Waals surface area contributed by atoms with Crippen molar-refractivity contribution in [3.05, 3.63) is 35.4 Å². The normalized spacial score (nSPS) is 15.4. The fraction of sp³-hybridized carbons (Fsp3) is 0.686. The maximum absolute atomic E-state index is 14.0. The summed E-state index contributed by atoms with van der Waals surface area (Å²) in [5.74, 6) is -3.62. The van der Waals surface area contributed by atoms with Gasteiger partial charge in [0.05, 0.1) is 11.6 Å². The van der Waals surface area contributed by atoms with E-state index in [0.29, 0.717) is 29.8 Å². The molecule has 2 aliphatic rings. The van der Waals surface area contributed by atoms with Gasteiger partial charge in [0.2, 0.25) is 5.91 Å². The quantitative estimate of drug-likeness (QED) is 0.228. The van der Waals surface area contributed by atoms with Crippen LogP contribution >= 0.6 is 0 Å². The van der Waals surface area contributed by atoms with Crippen LogP contribution in [0.25, 0.3) is 0 Å². The van der Waals surface area contributed by atoms with Gasteiger partial charge < -0.3 is 24.9 Å². The molecule has 10 nitrogen and oxygen atoms in total. The van der Waals surface area contributed by atoms with E-state index < -0.39 is 11.9 Å². The van der Waals surface area contributed by atoms with Crippen LogP contribution in [0.4, 0.5) is 0 Å². The number of aliphatic carboxylic acids is 2. The number of carboxylic acids is 2. The van der Waals surface area contributed by atoms with Crippen LogP contribution in [-0.4, -0.2) is 93.5 Å². The minimum atomic E-state index is -1.82. The molecule has 0 aliphatic heterocycles. The third kappa shape index (κ3) is 13.6. The summed E-state index contributed by atoms with van der Waals surface area (Å²) in [5.41, 5.74) is 1.09. The van der Waals surface area contributed by atoms with Gasteiger partial charge in [-0.2, -0.15) is 5.26 Å². The van der Waals surface area contributed by atoms with Crippen molar-refractivity contribution in [1.29, 1.82) is 5.26 Å². The molecule has 0 bridgehead atoms. The number of carboxylic acid groups (broad SMARTS) is 2. The molecular formula is C35H54N4O6. The number of unbranched alkanes of at least 4 members (excludes halogenated alkanes) is 2. The van der Waals surface area contributed by atoms with Gasteiger partial charge in [0.1, 0.15) is 6.54 Å². The van der Waals surface area contributed by atoms with Crippen molar-refractivity contribution in [3.8, 4) is 6.07 Å². The van der Waals surface area contributed by atoms with Gasteiger partial charge in [-0.3, -0.25) is 9.59 Å². The molecule has 0 unspecified atom stereocenters. The second-order valence-electron chi connectivity index (χ2n) is 12.3. The predicted octanol–water partition coefficient (Wildman–Crippen LogP) is 5.94. The fourth-order valence-electron chi connectivity index (χ4n) is 6.38. The van der Waals surface area contributed by atoms with E-state index in [-0.39, 0.29) is 18.4 Å². The van der Waals surface area contributed by atoms with Crippen LogP contribution in [-0.2, 0) is 14.4 Å². The van der Waals surface area contributed by atoms with Crippen molar-refractivity contribution in [2.24, 2.45) is 0 Å². The Bertz CT molecular complexity index is 1050. The topological polar surface area (TPSA) is 142 Å². The van der Waals surface area contributed by atoms with Crippen molar-refractivity contribution in [1.82, 2.24) is 14.7 Å². The summed E-state index contributed by atoms with van der Waals surface area (Å²) in [6.45, 7) is 8.31. The Balaban J connectivity index is 0.00000107. The van der Waals surface area contributed by atoms with Crippen LogP contribution in [0.5, 0.6) is 0 Å². The van der Waals surface area contributed by atoms with Crippen LogP contribution in [0.1, 0.15) is 126 Å². The second kappa shape index (κ2) is 21.3. The summed E-state index contributed by atoms with van der Waals surface area (Å²) < 4.78 is 0. The molecule has 0 aromatic heterocycles. The lowest BCUT2D eigenvalue weighted by atomic mass is 9.88. The molecule has 2 aliphatic carbocycles. The Morgan fingerprint density at radius 3 is 1.62 bits per heavy atom. The standard InChI is InChI=1S/C33H52N4O2.C2H2O4/c1-3-5-22-35(23-6-4-2)24-13-25-36(33(39)29-20-18-28(26-34)19-21-29)27-32(38)37(30-14-9-7-10-15-30)31-16-11-8-12-17-31;3-1(4)2(5)6/h18-21,30-31H,3-17,22-25,27H2,1-2H3;(H,3,4)(H,5,6). The molecule has 2 saturated carbocycles. The fourth-order valence-corrected chi connectivity index (χ4v) is 6.38. The lowest BCUT2D eigenvalue weighted by Crippen LogP contribution is -2.53. The average Bonchev–Trinajstić information content (AvgIpc) is 3.06. The Morgan fingerprint density at radius 1 is 0.733 bits per heavy atom. The summed E-state index contributed by atoms with van der Waals surface area (Å²) in [6.07, 6.45) is 17.3. The van der Waals surface area contributed by atoms with Crippen LogP contribution in [0.2, 0.25) is 0 Å². The predicted molar refractivity (Wildman–Crippen MR) is 174 cm³/mol. The highest BCUT2D eigenvalue weighted by Gasteiger charge is 2.34. The first-order valence-electron chi connectivity index (χ1n) is 17.0. The SMILES string of the molecule is CCCCN(CCCC)CCCN(CC(=O)N(C1CCCCC1)C1CCCCC1)C(=O)c1ccc(C#N)cc1.O=C(O)C(=O)O. The minimum Gasteiger partial charge on any atom is -0.473 e. The number of carbonyl (C=O) groups excluding carboxylic acids is 2. The molecule has 45 heavy (non-hydrogen) atoms. The summed E-state index contributed by atoms with van der Waals surface area (Å²) >= 11 is 0. The van der Waals surface area contributed by atoms with E-state index in [1.54, 1.807) is 29.2 Å². The monoisotopic (exact) mass is 626 g/mol. The smallest absolute Gasteiger partial charge is 0.414 e. The number of hydrogen-bond acceptors (Lipinski definition) is 6. The lowest BCUT2D eigenvalue weighted by Gasteiger charge is -2.42. The van der Waals surface area contributed by atoms with E-state index in [2.05, 4.69) is 29.7 Å². The molecule has 0 atom stereocenters. The second-order valence-corrected chi connectivity index (χ2v) is 12.3. The molecule has 0 saturated heterocycles. The van der Waals surface area contributed by atoms with Gasteiger partial charge >= 0.3 is 11.9 Å². The highest BCUT2D eigenvalue weighted by Crippen LogP contribution is 2.30. The average molecular weight is 627 g/mol. The zero-order valence-corrected chi connectivity index (χ0v) is 27.4. The van der Waals surface area contributed by atoms with Crippen molar-refractivity contribution >= 4 is 23.8 Å². The highest BCUT2D eigenvalue weighted by atomic mass is 16.4. The van der Waals surface area contributed by atoms with E-state index in [9.17, 15) is 14.9 Å². The number of benzene rings is 1. The van der Waals surface area contributed by atoms with Gasteiger partial charge in [-0.05, 0) is 88.8 Å². The summed E-state index contributed by atoms with van der Waals surface area (Å²) in [7, 11) is 0. The Kier molecular flexibility index (Phi) is 17.9. The largest absolute Gasteiger partial charge is 0.473 e. The maximum atomic E-state index is 14.0. The first-order chi connectivity index (χ1) is 21.7. The molecule has 0 heterocycles. The first kappa shape index (κ1) is 37.7. The van der Waals surface area contributed by atoms with Gasteiger partial charge in [-0.15, -0.1) is 0 Å². The number of hydrogen-bond donors (Lipinski definition) is 2. The van der Waals surface area contributed by atoms with Gasteiger partial charge in [0, 0.05) is 24.2 Å². The minimum absolute atomic E-state index is 0.103. The number of nitriles is 1. The molecule has 2 amide bonds. The van der Waals surface area contributed by atoms with Gasteiger partial charge in [-0.25, -0.2) is 9.59 Å². The van der Waals surface area contributed by atoms with Gasteiger partial charge in [-0.1, -0.05) is 65.2 Å². The summed E-state index contributed by atoms with van der Waals surface area (Å²) in [4.78, 5) is 52.5. The third-order valence-corrected chi connectivity index (χ3v) is 8.84. The van der Waals surface area contributed by atoms with E-state index in [0.717, 1.165) is 51.7 Å². The first-order valence-corrected chi connectivity index (χ1v) is 17.0. The highest BCUT2D eigenvalue weighted by molar-refractivity contribution is 6.27.